The number of rotatable bonds is 6. The molecule has 118 valence electrons. The topological polar surface area (TPSA) is 61.4 Å². The monoisotopic (exact) mass is 375 g/mol. The lowest BCUT2D eigenvalue weighted by atomic mass is 10.1. The van der Waals surface area contributed by atoms with Crippen molar-refractivity contribution in [2.45, 2.75) is 31.8 Å². The van der Waals surface area contributed by atoms with E-state index >= 15 is 0 Å². The molecule has 0 radical (unpaired) electrons. The van der Waals surface area contributed by atoms with Crippen LogP contribution in [-0.2, 0) is 16.8 Å². The molecule has 7 heteroatoms. The van der Waals surface area contributed by atoms with Gasteiger partial charge in [-0.3, -0.25) is 0 Å². The summed E-state index contributed by atoms with van der Waals surface area (Å²) in [5.74, 6) is 0. The third-order valence-electron chi connectivity index (χ3n) is 3.67. The number of benzene rings is 1. The third kappa shape index (κ3) is 4.75. The summed E-state index contributed by atoms with van der Waals surface area (Å²) in [5.41, 5.74) is 0.940. The number of likely N-dealkylation sites (N-methyl/N-ethyl adjacent to an activating group) is 1. The summed E-state index contributed by atoms with van der Waals surface area (Å²) in [6.07, 6.45) is 2.93. The van der Waals surface area contributed by atoms with E-state index in [1.54, 1.807) is 4.31 Å². The SMILES string of the molecule is CNCC1CCCCN1S(=O)(=O)NCc1cccc(Br)c1. The second-order valence-electron chi connectivity index (χ2n) is 5.27. The Kier molecular flexibility index (Phi) is 6.19. The third-order valence-corrected chi connectivity index (χ3v) is 5.77. The van der Waals surface area contributed by atoms with Crippen LogP contribution in [0.25, 0.3) is 0 Å². The summed E-state index contributed by atoms with van der Waals surface area (Å²) in [4.78, 5) is 0. The maximum Gasteiger partial charge on any atom is 0.280 e. The molecule has 2 N–H and O–H groups in total. The van der Waals surface area contributed by atoms with E-state index in [0.717, 1.165) is 29.3 Å². The van der Waals surface area contributed by atoms with Crippen molar-refractivity contribution in [3.8, 4) is 0 Å². The maximum absolute atomic E-state index is 12.5. The minimum absolute atomic E-state index is 0.0451. The molecular weight excluding hydrogens is 354 g/mol. The van der Waals surface area contributed by atoms with E-state index in [2.05, 4.69) is 26.0 Å². The lowest BCUT2D eigenvalue weighted by Crippen LogP contribution is -2.51. The van der Waals surface area contributed by atoms with Gasteiger partial charge in [-0.05, 0) is 37.6 Å². The second-order valence-corrected chi connectivity index (χ2v) is 7.90. The Morgan fingerprint density at radius 1 is 1.38 bits per heavy atom. The zero-order valence-electron chi connectivity index (χ0n) is 12.2. The summed E-state index contributed by atoms with van der Waals surface area (Å²) in [7, 11) is -1.58. The molecule has 21 heavy (non-hydrogen) atoms. The number of nitrogens with zero attached hydrogens (tertiary/aromatic N) is 1. The summed E-state index contributed by atoms with van der Waals surface area (Å²) in [6, 6.07) is 7.70. The molecule has 0 saturated carbocycles. The summed E-state index contributed by atoms with van der Waals surface area (Å²) in [6.45, 7) is 1.60. The predicted octanol–water partition coefficient (Wildman–Crippen LogP) is 1.86. The molecule has 2 rings (SSSR count). The highest BCUT2D eigenvalue weighted by atomic mass is 79.9. The van der Waals surface area contributed by atoms with E-state index in [0.29, 0.717) is 19.6 Å². The molecule has 1 aliphatic heterocycles. The molecule has 0 aromatic heterocycles. The van der Waals surface area contributed by atoms with Gasteiger partial charge in [0.2, 0.25) is 0 Å². The van der Waals surface area contributed by atoms with Crippen molar-refractivity contribution < 1.29 is 8.42 Å². The molecule has 1 aromatic rings. The zero-order valence-corrected chi connectivity index (χ0v) is 14.6. The molecule has 0 amide bonds. The molecule has 1 fully saturated rings. The van der Waals surface area contributed by atoms with Gasteiger partial charge in [0, 0.05) is 30.1 Å². The molecule has 0 aliphatic carbocycles. The Labute approximate surface area is 135 Å². The van der Waals surface area contributed by atoms with Crippen molar-refractivity contribution >= 4 is 26.1 Å². The molecule has 1 unspecified atom stereocenters. The highest BCUT2D eigenvalue weighted by Gasteiger charge is 2.31. The first-order valence-electron chi connectivity index (χ1n) is 7.18. The van der Waals surface area contributed by atoms with Gasteiger partial charge < -0.3 is 5.32 Å². The number of halogens is 1. The van der Waals surface area contributed by atoms with E-state index in [-0.39, 0.29) is 6.04 Å². The normalized spacial score (nSPS) is 20.6. The average Bonchev–Trinajstić information content (AvgIpc) is 2.46. The molecule has 1 aliphatic rings. The van der Waals surface area contributed by atoms with E-state index in [1.165, 1.54) is 0 Å². The number of piperidine rings is 1. The molecule has 1 atom stereocenters. The number of hydrogen-bond donors (Lipinski definition) is 2. The van der Waals surface area contributed by atoms with Crippen LogP contribution in [0, 0.1) is 0 Å². The average molecular weight is 376 g/mol. The van der Waals surface area contributed by atoms with Gasteiger partial charge in [0.25, 0.3) is 10.2 Å². The van der Waals surface area contributed by atoms with Crippen molar-refractivity contribution in [1.82, 2.24) is 14.3 Å². The van der Waals surface area contributed by atoms with Gasteiger partial charge in [-0.15, -0.1) is 0 Å². The summed E-state index contributed by atoms with van der Waals surface area (Å²) < 4.78 is 30.3. The van der Waals surface area contributed by atoms with E-state index in [4.69, 9.17) is 0 Å². The maximum atomic E-state index is 12.5. The molecule has 1 aromatic carbocycles. The Bertz CT molecular complexity index is 563. The Morgan fingerprint density at radius 3 is 2.90 bits per heavy atom. The summed E-state index contributed by atoms with van der Waals surface area (Å²) >= 11 is 3.39. The van der Waals surface area contributed by atoms with Gasteiger partial charge in [0.05, 0.1) is 0 Å². The van der Waals surface area contributed by atoms with Crippen molar-refractivity contribution in [2.24, 2.45) is 0 Å². The van der Waals surface area contributed by atoms with Gasteiger partial charge in [-0.1, -0.05) is 34.5 Å². The molecule has 1 saturated heterocycles. The Hall–Kier alpha value is -0.470. The minimum atomic E-state index is -3.44. The highest BCUT2D eigenvalue weighted by Crippen LogP contribution is 2.19. The van der Waals surface area contributed by atoms with Crippen molar-refractivity contribution in [3.05, 3.63) is 34.3 Å². The van der Waals surface area contributed by atoms with Gasteiger partial charge in [0.1, 0.15) is 0 Å². The fourth-order valence-corrected chi connectivity index (χ4v) is 4.54. The van der Waals surface area contributed by atoms with Gasteiger partial charge >= 0.3 is 0 Å². The number of nitrogens with one attached hydrogen (secondary N) is 2. The number of hydrogen-bond acceptors (Lipinski definition) is 3. The van der Waals surface area contributed by atoms with Crippen molar-refractivity contribution in [2.75, 3.05) is 20.1 Å². The van der Waals surface area contributed by atoms with Crippen LogP contribution in [-0.4, -0.2) is 38.9 Å². The van der Waals surface area contributed by atoms with Crippen LogP contribution in [0.5, 0.6) is 0 Å². The van der Waals surface area contributed by atoms with Gasteiger partial charge in [0.15, 0.2) is 0 Å². The first kappa shape index (κ1) is 16.9. The van der Waals surface area contributed by atoms with Gasteiger partial charge in [-0.2, -0.15) is 17.4 Å². The van der Waals surface area contributed by atoms with Crippen LogP contribution in [0.2, 0.25) is 0 Å². The van der Waals surface area contributed by atoms with Crippen LogP contribution < -0.4 is 10.0 Å². The summed E-state index contributed by atoms with van der Waals surface area (Å²) in [5, 5.41) is 3.08. The smallest absolute Gasteiger partial charge is 0.280 e. The second kappa shape index (κ2) is 7.69. The van der Waals surface area contributed by atoms with Crippen LogP contribution in [0.15, 0.2) is 28.7 Å². The predicted molar refractivity (Wildman–Crippen MR) is 88.2 cm³/mol. The van der Waals surface area contributed by atoms with Crippen LogP contribution >= 0.6 is 15.9 Å². The Balaban J connectivity index is 2.02. The van der Waals surface area contributed by atoms with E-state index in [9.17, 15) is 8.42 Å². The first-order valence-corrected chi connectivity index (χ1v) is 9.42. The fourth-order valence-electron chi connectivity index (χ4n) is 2.63. The lowest BCUT2D eigenvalue weighted by molar-refractivity contribution is 0.246. The van der Waals surface area contributed by atoms with Crippen LogP contribution in [0.1, 0.15) is 24.8 Å². The molecular formula is C14H22BrN3O2S. The van der Waals surface area contributed by atoms with Crippen molar-refractivity contribution in [3.63, 3.8) is 0 Å². The molecule has 0 spiro atoms. The van der Waals surface area contributed by atoms with Gasteiger partial charge in [-0.25, -0.2) is 0 Å². The molecule has 5 nitrogen and oxygen atoms in total. The largest absolute Gasteiger partial charge is 0.318 e. The first-order chi connectivity index (χ1) is 10.0. The minimum Gasteiger partial charge on any atom is -0.318 e. The molecule has 1 heterocycles. The van der Waals surface area contributed by atoms with E-state index < -0.39 is 10.2 Å². The quantitative estimate of drug-likeness (QED) is 0.797. The van der Waals surface area contributed by atoms with Crippen LogP contribution in [0.4, 0.5) is 0 Å². The standard InChI is InChI=1S/C14H22BrN3O2S/c1-16-11-14-7-2-3-8-18(14)21(19,20)17-10-12-5-4-6-13(15)9-12/h4-6,9,14,16-17H,2-3,7-8,10-11H2,1H3. The lowest BCUT2D eigenvalue weighted by Gasteiger charge is -2.34. The Morgan fingerprint density at radius 2 is 2.19 bits per heavy atom. The van der Waals surface area contributed by atoms with Crippen molar-refractivity contribution in [1.29, 1.82) is 0 Å². The zero-order chi connectivity index (χ0) is 15.3. The van der Waals surface area contributed by atoms with E-state index in [1.807, 2.05) is 31.3 Å². The highest BCUT2D eigenvalue weighted by molar-refractivity contribution is 9.10. The fraction of sp³-hybridized carbons (Fsp3) is 0.571. The molecule has 0 bridgehead atoms. The van der Waals surface area contributed by atoms with Crippen LogP contribution in [0.3, 0.4) is 0 Å².